The van der Waals surface area contributed by atoms with Gasteiger partial charge in [-0.15, -0.1) is 0 Å². The summed E-state index contributed by atoms with van der Waals surface area (Å²) in [4.78, 5) is 72.7. The second-order valence-corrected chi connectivity index (χ2v) is 5.98. The molecule has 1 aromatic rings. The topological polar surface area (TPSA) is 139 Å². The first kappa shape index (κ1) is 20.7. The first-order valence-corrected chi connectivity index (χ1v) is 8.04. The Morgan fingerprint density at radius 3 is 2.57 bits per heavy atom. The van der Waals surface area contributed by atoms with Crippen LogP contribution in [0.4, 0.5) is 5.69 Å². The molecule has 0 bridgehead atoms. The summed E-state index contributed by atoms with van der Waals surface area (Å²) in [5.41, 5.74) is 0.0144. The van der Waals surface area contributed by atoms with E-state index in [1.807, 2.05) is 0 Å². The highest BCUT2D eigenvalue weighted by molar-refractivity contribution is 6.26. The molecule has 2 aliphatic rings. The zero-order chi connectivity index (χ0) is 19.7. The fourth-order valence-electron chi connectivity index (χ4n) is 3.02. The molecule has 5 amide bonds. The van der Waals surface area contributed by atoms with E-state index >= 15 is 0 Å². The summed E-state index contributed by atoms with van der Waals surface area (Å²) in [5.74, 6) is -4.10. The Bertz CT molecular complexity index is 893. The molecule has 1 saturated heterocycles. The lowest BCUT2D eigenvalue weighted by molar-refractivity contribution is -0.143. The maximum Gasteiger partial charge on any atom is 0.315 e. The molecule has 0 spiro atoms. The van der Waals surface area contributed by atoms with Crippen LogP contribution in [0, 0.1) is 0 Å². The highest BCUT2D eigenvalue weighted by Crippen LogP contribution is 2.32. The number of hydrogen-bond acceptors (Lipinski definition) is 7. The van der Waals surface area contributed by atoms with Crippen molar-refractivity contribution in [1.82, 2.24) is 10.2 Å². The molecule has 10 heteroatoms. The molecule has 28 heavy (non-hydrogen) atoms. The van der Waals surface area contributed by atoms with Crippen molar-refractivity contribution in [1.29, 1.82) is 0 Å². The third-order valence-electron chi connectivity index (χ3n) is 4.27. The molecule has 1 fully saturated rings. The van der Waals surface area contributed by atoms with Crippen molar-refractivity contribution in [3.8, 4) is 0 Å². The van der Waals surface area contributed by atoms with Gasteiger partial charge >= 0.3 is 5.97 Å². The second-order valence-electron chi connectivity index (χ2n) is 5.98. The predicted molar refractivity (Wildman–Crippen MR) is 95.1 cm³/mol. The van der Waals surface area contributed by atoms with Gasteiger partial charge < -0.3 is 10.1 Å². The van der Waals surface area contributed by atoms with Crippen molar-refractivity contribution in [2.75, 3.05) is 12.4 Å². The van der Waals surface area contributed by atoms with E-state index in [1.54, 1.807) is 0 Å². The van der Waals surface area contributed by atoms with Gasteiger partial charge in [0.15, 0.2) is 0 Å². The van der Waals surface area contributed by atoms with Gasteiger partial charge in [-0.3, -0.25) is 39.0 Å². The van der Waals surface area contributed by atoms with E-state index in [0.717, 1.165) is 12.0 Å². The molecule has 2 N–H and O–H groups in total. The molecule has 1 atom stereocenters. The third kappa shape index (κ3) is 3.61. The quantitative estimate of drug-likeness (QED) is 0.427. The largest absolute Gasteiger partial charge is 0.469 e. The Balaban J connectivity index is 0.00000280. The number of amides is 5. The number of carbonyl (C=O) groups is 6. The number of rotatable bonds is 4. The van der Waals surface area contributed by atoms with Crippen LogP contribution < -0.4 is 10.6 Å². The lowest BCUT2D eigenvalue weighted by atomic mass is 10.0. The molecule has 1 unspecified atom stereocenters. The monoisotopic (exact) mass is 389 g/mol. The Labute approximate surface area is 160 Å². The Kier molecular flexibility index (Phi) is 5.92. The van der Waals surface area contributed by atoms with E-state index < -0.39 is 48.0 Å². The van der Waals surface area contributed by atoms with Gasteiger partial charge in [0.25, 0.3) is 11.8 Å². The average molecular weight is 389 g/mol. The van der Waals surface area contributed by atoms with Gasteiger partial charge in [-0.25, -0.2) is 0 Å². The minimum absolute atomic E-state index is 0. The van der Waals surface area contributed by atoms with E-state index in [2.05, 4.69) is 15.4 Å². The van der Waals surface area contributed by atoms with Crippen LogP contribution >= 0.6 is 0 Å². The van der Waals surface area contributed by atoms with Gasteiger partial charge in [-0.2, -0.15) is 0 Å². The number of benzene rings is 1. The number of esters is 1. The van der Waals surface area contributed by atoms with Crippen LogP contribution in [0.25, 0.3) is 0 Å². The molecule has 2 aliphatic heterocycles. The molecule has 3 rings (SSSR count). The first-order chi connectivity index (χ1) is 12.8. The number of nitrogens with zero attached hydrogens (tertiary/aromatic N) is 1. The number of imide groups is 2. The van der Waals surface area contributed by atoms with Crippen molar-refractivity contribution in [2.45, 2.75) is 32.7 Å². The molecule has 0 aliphatic carbocycles. The summed E-state index contributed by atoms with van der Waals surface area (Å²) in [5, 5.41) is 4.51. The molecular weight excluding hydrogens is 370 g/mol. The number of fused-ring (bicyclic) bond motifs is 1. The van der Waals surface area contributed by atoms with Crippen LogP contribution in [0.5, 0.6) is 0 Å². The summed E-state index contributed by atoms with van der Waals surface area (Å²) >= 11 is 0. The van der Waals surface area contributed by atoms with Gasteiger partial charge in [-0.05, 0) is 18.6 Å². The first-order valence-electron chi connectivity index (χ1n) is 8.04. The van der Waals surface area contributed by atoms with Crippen molar-refractivity contribution in [3.05, 3.63) is 29.3 Å². The molecular formula is C18H19N3O7. The van der Waals surface area contributed by atoms with Crippen molar-refractivity contribution in [2.24, 2.45) is 0 Å². The number of carbonyl (C=O) groups excluding carboxylic acids is 6. The van der Waals surface area contributed by atoms with Crippen molar-refractivity contribution in [3.63, 3.8) is 0 Å². The summed E-state index contributed by atoms with van der Waals surface area (Å²) in [6, 6.07) is 3.17. The zero-order valence-electron chi connectivity index (χ0n) is 14.2. The summed E-state index contributed by atoms with van der Waals surface area (Å²) < 4.78 is 4.41. The number of ether oxygens (including phenoxy) is 1. The molecule has 0 radical (unpaired) electrons. The van der Waals surface area contributed by atoms with E-state index in [1.165, 1.54) is 18.2 Å². The number of piperidine rings is 1. The molecule has 0 saturated carbocycles. The molecule has 0 aromatic heterocycles. The number of methoxy groups -OCH3 is 1. The van der Waals surface area contributed by atoms with E-state index in [9.17, 15) is 28.8 Å². The van der Waals surface area contributed by atoms with Crippen LogP contribution in [0.15, 0.2) is 18.2 Å². The van der Waals surface area contributed by atoms with Crippen molar-refractivity contribution >= 4 is 41.2 Å². The van der Waals surface area contributed by atoms with Crippen molar-refractivity contribution < 1.29 is 33.5 Å². The number of anilines is 1. The summed E-state index contributed by atoms with van der Waals surface area (Å²) in [7, 11) is 1.13. The lowest BCUT2D eigenvalue weighted by Crippen LogP contribution is -2.54. The SMILES string of the molecule is C.COC(=O)CC(=O)Nc1cccc2c1C(=O)N(C1CCC(=O)NC1=O)C2=O. The standard InChI is InChI=1S/C17H15N3O7.CH4/c1-27-13(23)7-12(22)18-9-4-2-3-8-14(9)17(26)20(16(8)25)10-5-6-11(21)19-15(10)24;/h2-4,10H,5-7H2,1H3,(H,18,22)(H,19,21,24);1H4. The van der Waals surface area contributed by atoms with Gasteiger partial charge in [0.2, 0.25) is 17.7 Å². The maximum atomic E-state index is 12.8. The van der Waals surface area contributed by atoms with E-state index in [4.69, 9.17) is 0 Å². The van der Waals surface area contributed by atoms with Crippen LogP contribution in [0.3, 0.4) is 0 Å². The molecule has 148 valence electrons. The summed E-state index contributed by atoms with van der Waals surface area (Å²) in [6.45, 7) is 0. The Hall–Kier alpha value is -3.56. The average Bonchev–Trinajstić information content (AvgIpc) is 2.87. The normalized spacial score (nSPS) is 18.2. The highest BCUT2D eigenvalue weighted by Gasteiger charge is 2.45. The molecule has 1 aromatic carbocycles. The Morgan fingerprint density at radius 1 is 1.21 bits per heavy atom. The second kappa shape index (κ2) is 7.99. The van der Waals surface area contributed by atoms with Gasteiger partial charge in [0, 0.05) is 6.42 Å². The highest BCUT2D eigenvalue weighted by atomic mass is 16.5. The zero-order valence-corrected chi connectivity index (χ0v) is 14.2. The van der Waals surface area contributed by atoms with E-state index in [0.29, 0.717) is 0 Å². The van der Waals surface area contributed by atoms with Crippen LogP contribution in [0.1, 0.15) is 47.4 Å². The number of nitrogens with one attached hydrogen (secondary N) is 2. The van der Waals surface area contributed by atoms with E-state index in [-0.39, 0.29) is 37.1 Å². The smallest absolute Gasteiger partial charge is 0.315 e. The van der Waals surface area contributed by atoms with Crippen LogP contribution in [-0.2, 0) is 23.9 Å². The third-order valence-corrected chi connectivity index (χ3v) is 4.27. The predicted octanol–water partition coefficient (Wildman–Crippen LogP) is 0.226. The fraction of sp³-hybridized carbons (Fsp3) is 0.333. The Morgan fingerprint density at radius 2 is 1.93 bits per heavy atom. The summed E-state index contributed by atoms with van der Waals surface area (Å²) in [6.07, 6.45) is -0.522. The minimum Gasteiger partial charge on any atom is -0.469 e. The lowest BCUT2D eigenvalue weighted by Gasteiger charge is -2.27. The fourth-order valence-corrected chi connectivity index (χ4v) is 3.02. The molecule has 2 heterocycles. The van der Waals surface area contributed by atoms with Gasteiger partial charge in [0.1, 0.15) is 12.5 Å². The van der Waals surface area contributed by atoms with Crippen LogP contribution in [0.2, 0.25) is 0 Å². The molecule has 10 nitrogen and oxygen atoms in total. The maximum absolute atomic E-state index is 12.8. The number of hydrogen-bond donors (Lipinski definition) is 2. The van der Waals surface area contributed by atoms with Gasteiger partial charge in [0.05, 0.1) is 23.9 Å². The van der Waals surface area contributed by atoms with Gasteiger partial charge in [-0.1, -0.05) is 13.5 Å². The van der Waals surface area contributed by atoms with Crippen LogP contribution in [-0.4, -0.2) is 53.6 Å². The minimum atomic E-state index is -1.10.